The van der Waals surface area contributed by atoms with E-state index < -0.39 is 6.10 Å². The molecule has 0 spiro atoms. The Bertz CT molecular complexity index is 554. The van der Waals surface area contributed by atoms with E-state index >= 15 is 0 Å². The van der Waals surface area contributed by atoms with Gasteiger partial charge in [0.2, 0.25) is 0 Å². The van der Waals surface area contributed by atoms with Crippen LogP contribution in [0.25, 0.3) is 0 Å². The molecule has 3 heteroatoms. The van der Waals surface area contributed by atoms with E-state index in [1.807, 2.05) is 42.3 Å². The molecule has 0 aliphatic carbocycles. The molecule has 19 heavy (non-hydrogen) atoms. The van der Waals surface area contributed by atoms with Crippen molar-refractivity contribution < 1.29 is 9.50 Å². The molecule has 1 atom stereocenters. The second-order valence-electron chi connectivity index (χ2n) is 4.68. The standard InChI is InChI=1S/C16H18FNO/c1-12(19)14-8-4-6-10-16(14)18(2)11-13-7-3-5-9-15(13)17/h3-10,12,19H,11H2,1-2H3. The van der Waals surface area contributed by atoms with E-state index in [0.29, 0.717) is 12.1 Å². The second-order valence-corrected chi connectivity index (χ2v) is 4.68. The number of para-hydroxylation sites is 1. The molecule has 2 aromatic rings. The van der Waals surface area contributed by atoms with E-state index in [9.17, 15) is 9.50 Å². The Balaban J connectivity index is 2.26. The number of anilines is 1. The van der Waals surface area contributed by atoms with Crippen molar-refractivity contribution in [2.24, 2.45) is 0 Å². The minimum atomic E-state index is -0.542. The summed E-state index contributed by atoms with van der Waals surface area (Å²) in [6.45, 7) is 2.20. The van der Waals surface area contributed by atoms with Crippen molar-refractivity contribution in [2.75, 3.05) is 11.9 Å². The minimum Gasteiger partial charge on any atom is -0.389 e. The van der Waals surface area contributed by atoms with E-state index in [2.05, 4.69) is 0 Å². The van der Waals surface area contributed by atoms with Gasteiger partial charge in [0.25, 0.3) is 0 Å². The predicted molar refractivity (Wildman–Crippen MR) is 75.6 cm³/mol. The van der Waals surface area contributed by atoms with Gasteiger partial charge in [-0.05, 0) is 19.1 Å². The van der Waals surface area contributed by atoms with E-state index in [1.54, 1.807) is 19.1 Å². The molecule has 2 aromatic carbocycles. The van der Waals surface area contributed by atoms with Gasteiger partial charge in [-0.3, -0.25) is 0 Å². The van der Waals surface area contributed by atoms with Gasteiger partial charge in [-0.25, -0.2) is 4.39 Å². The van der Waals surface area contributed by atoms with E-state index in [4.69, 9.17) is 0 Å². The molecule has 1 N–H and O–H groups in total. The molecule has 0 saturated carbocycles. The lowest BCUT2D eigenvalue weighted by Gasteiger charge is -2.23. The first-order valence-electron chi connectivity index (χ1n) is 6.31. The molecule has 0 aliphatic rings. The normalized spacial score (nSPS) is 12.2. The first kappa shape index (κ1) is 13.6. The Labute approximate surface area is 113 Å². The summed E-state index contributed by atoms with van der Waals surface area (Å²) in [5, 5.41) is 9.77. The Morgan fingerprint density at radius 2 is 1.74 bits per heavy atom. The summed E-state index contributed by atoms with van der Waals surface area (Å²) in [5.41, 5.74) is 2.41. The third-order valence-electron chi connectivity index (χ3n) is 3.16. The molecule has 0 radical (unpaired) electrons. The Morgan fingerprint density at radius 1 is 1.11 bits per heavy atom. The lowest BCUT2D eigenvalue weighted by Crippen LogP contribution is -2.19. The van der Waals surface area contributed by atoms with Gasteiger partial charge in [-0.15, -0.1) is 0 Å². The Kier molecular flexibility index (Phi) is 4.17. The largest absolute Gasteiger partial charge is 0.389 e. The van der Waals surface area contributed by atoms with Gasteiger partial charge in [0.15, 0.2) is 0 Å². The Morgan fingerprint density at radius 3 is 2.42 bits per heavy atom. The topological polar surface area (TPSA) is 23.5 Å². The van der Waals surface area contributed by atoms with Crippen LogP contribution >= 0.6 is 0 Å². The number of aliphatic hydroxyl groups excluding tert-OH is 1. The molecule has 0 amide bonds. The number of hydrogen-bond acceptors (Lipinski definition) is 2. The van der Waals surface area contributed by atoms with Crippen molar-refractivity contribution >= 4 is 5.69 Å². The van der Waals surface area contributed by atoms with Crippen molar-refractivity contribution in [3.63, 3.8) is 0 Å². The Hall–Kier alpha value is -1.87. The number of nitrogens with zero attached hydrogens (tertiary/aromatic N) is 1. The fourth-order valence-corrected chi connectivity index (χ4v) is 2.16. The highest BCUT2D eigenvalue weighted by Gasteiger charge is 2.12. The highest BCUT2D eigenvalue weighted by atomic mass is 19.1. The summed E-state index contributed by atoms with van der Waals surface area (Å²) in [6, 6.07) is 14.4. The van der Waals surface area contributed by atoms with Crippen molar-refractivity contribution in [2.45, 2.75) is 19.6 Å². The molecule has 2 rings (SSSR count). The number of halogens is 1. The maximum absolute atomic E-state index is 13.6. The summed E-state index contributed by atoms with van der Waals surface area (Å²) >= 11 is 0. The molecule has 0 fully saturated rings. The lowest BCUT2D eigenvalue weighted by molar-refractivity contribution is 0.199. The van der Waals surface area contributed by atoms with Gasteiger partial charge in [-0.2, -0.15) is 0 Å². The average Bonchev–Trinajstić information content (AvgIpc) is 2.41. The monoisotopic (exact) mass is 259 g/mol. The molecular weight excluding hydrogens is 241 g/mol. The third-order valence-corrected chi connectivity index (χ3v) is 3.16. The van der Waals surface area contributed by atoms with Gasteiger partial charge in [0.05, 0.1) is 6.10 Å². The van der Waals surface area contributed by atoms with E-state index in [1.165, 1.54) is 6.07 Å². The van der Waals surface area contributed by atoms with Crippen LogP contribution in [0.4, 0.5) is 10.1 Å². The smallest absolute Gasteiger partial charge is 0.128 e. The summed E-state index contributed by atoms with van der Waals surface area (Å²) in [6.07, 6.45) is -0.542. The van der Waals surface area contributed by atoms with Crippen LogP contribution in [0.1, 0.15) is 24.2 Å². The molecular formula is C16H18FNO. The average molecular weight is 259 g/mol. The van der Waals surface area contributed by atoms with Crippen LogP contribution in [0.3, 0.4) is 0 Å². The number of hydrogen-bond donors (Lipinski definition) is 1. The summed E-state index contributed by atoms with van der Waals surface area (Å²) in [4.78, 5) is 1.94. The second kappa shape index (κ2) is 5.85. The first-order chi connectivity index (χ1) is 9.09. The van der Waals surface area contributed by atoms with Gasteiger partial charge in [0.1, 0.15) is 5.82 Å². The highest BCUT2D eigenvalue weighted by Crippen LogP contribution is 2.26. The van der Waals surface area contributed by atoms with Gasteiger partial charge in [-0.1, -0.05) is 36.4 Å². The molecule has 0 aliphatic heterocycles. The van der Waals surface area contributed by atoms with Crippen LogP contribution in [0, 0.1) is 5.82 Å². The predicted octanol–water partition coefficient (Wildman–Crippen LogP) is 3.52. The van der Waals surface area contributed by atoms with Crippen molar-refractivity contribution in [1.82, 2.24) is 0 Å². The fourth-order valence-electron chi connectivity index (χ4n) is 2.16. The minimum absolute atomic E-state index is 0.205. The van der Waals surface area contributed by atoms with Crippen LogP contribution in [0.5, 0.6) is 0 Å². The van der Waals surface area contributed by atoms with Gasteiger partial charge >= 0.3 is 0 Å². The third kappa shape index (κ3) is 3.12. The summed E-state index contributed by atoms with van der Waals surface area (Å²) < 4.78 is 13.6. The quantitative estimate of drug-likeness (QED) is 0.908. The van der Waals surface area contributed by atoms with Gasteiger partial charge < -0.3 is 10.0 Å². The molecule has 0 bridgehead atoms. The number of aliphatic hydroxyl groups is 1. The van der Waals surface area contributed by atoms with Crippen LogP contribution in [0.2, 0.25) is 0 Å². The zero-order chi connectivity index (χ0) is 13.8. The highest BCUT2D eigenvalue weighted by molar-refractivity contribution is 5.54. The van der Waals surface area contributed by atoms with Crippen molar-refractivity contribution in [3.8, 4) is 0 Å². The lowest BCUT2D eigenvalue weighted by atomic mass is 10.1. The summed E-state index contributed by atoms with van der Waals surface area (Å²) in [7, 11) is 1.90. The van der Waals surface area contributed by atoms with Crippen molar-refractivity contribution in [1.29, 1.82) is 0 Å². The van der Waals surface area contributed by atoms with Crippen LogP contribution in [-0.2, 0) is 6.54 Å². The number of benzene rings is 2. The molecule has 0 heterocycles. The maximum atomic E-state index is 13.6. The van der Waals surface area contributed by atoms with E-state index in [0.717, 1.165) is 11.3 Å². The fraction of sp³-hybridized carbons (Fsp3) is 0.250. The summed E-state index contributed by atoms with van der Waals surface area (Å²) in [5.74, 6) is -0.205. The zero-order valence-corrected chi connectivity index (χ0v) is 11.2. The van der Waals surface area contributed by atoms with Crippen LogP contribution < -0.4 is 4.90 Å². The molecule has 100 valence electrons. The van der Waals surface area contributed by atoms with Crippen LogP contribution in [-0.4, -0.2) is 12.2 Å². The van der Waals surface area contributed by atoms with E-state index in [-0.39, 0.29) is 5.82 Å². The molecule has 0 aromatic heterocycles. The molecule has 1 unspecified atom stereocenters. The van der Waals surface area contributed by atoms with Crippen LogP contribution in [0.15, 0.2) is 48.5 Å². The van der Waals surface area contributed by atoms with Crippen molar-refractivity contribution in [3.05, 3.63) is 65.5 Å². The number of rotatable bonds is 4. The molecule has 2 nitrogen and oxygen atoms in total. The van der Waals surface area contributed by atoms with Gasteiger partial charge in [0, 0.05) is 30.4 Å². The first-order valence-corrected chi connectivity index (χ1v) is 6.31. The molecule has 0 saturated heterocycles. The maximum Gasteiger partial charge on any atom is 0.128 e. The zero-order valence-electron chi connectivity index (χ0n) is 11.2. The SMILES string of the molecule is CC(O)c1ccccc1N(C)Cc1ccccc1F.